The van der Waals surface area contributed by atoms with Crippen molar-refractivity contribution in [2.75, 3.05) is 19.6 Å². The quantitative estimate of drug-likeness (QED) is 0.623. The summed E-state index contributed by atoms with van der Waals surface area (Å²) in [6.45, 7) is 3.04. The van der Waals surface area contributed by atoms with Gasteiger partial charge in [0.05, 0.1) is 10.4 Å². The number of benzene rings is 2. The fourth-order valence-corrected chi connectivity index (χ4v) is 7.42. The van der Waals surface area contributed by atoms with E-state index < -0.39 is 20.0 Å². The number of nitrogens with zero attached hydrogens (tertiary/aromatic N) is 2. The third-order valence-corrected chi connectivity index (χ3v) is 9.22. The monoisotopic (exact) mass is 467 g/mol. The first kappa shape index (κ1) is 21.3. The summed E-state index contributed by atoms with van der Waals surface area (Å²) >= 11 is 6.09. The molecule has 1 N–H and O–H groups in total. The molecule has 0 aliphatic carbocycles. The molecular weight excluding hydrogens is 446 g/mol. The number of aromatic nitrogens is 1. The number of nitrogens with one attached hydrogen (secondary N) is 1. The maximum atomic E-state index is 13.6. The molecule has 3 aromatic rings. The Morgan fingerprint density at radius 2 is 1.77 bits per heavy atom. The highest BCUT2D eigenvalue weighted by Crippen LogP contribution is 2.32. The molecule has 4 rings (SSSR count). The summed E-state index contributed by atoms with van der Waals surface area (Å²) in [5.74, 6) is 0. The van der Waals surface area contributed by atoms with Crippen molar-refractivity contribution in [3.8, 4) is 0 Å². The second kappa shape index (κ2) is 7.97. The molecule has 0 radical (unpaired) electrons. The van der Waals surface area contributed by atoms with E-state index in [1.165, 1.54) is 28.6 Å². The maximum absolute atomic E-state index is 13.6. The van der Waals surface area contributed by atoms with Gasteiger partial charge in [-0.1, -0.05) is 36.7 Å². The molecule has 30 heavy (non-hydrogen) atoms. The van der Waals surface area contributed by atoms with Crippen molar-refractivity contribution in [3.05, 3.63) is 59.6 Å². The predicted octanol–water partition coefficient (Wildman–Crippen LogP) is 2.90. The van der Waals surface area contributed by atoms with Crippen LogP contribution in [0, 0.1) is 0 Å². The van der Waals surface area contributed by atoms with Crippen LogP contribution in [0.1, 0.15) is 13.3 Å². The van der Waals surface area contributed by atoms with Crippen LogP contribution in [0.5, 0.6) is 0 Å². The number of halogens is 1. The molecule has 0 amide bonds. The SMILES string of the molecule is CCC1CN(S(=O)(=O)c2cc3cc(Cl)ccc3n2S(=O)(=O)c2ccccc2)CCN1. The summed E-state index contributed by atoms with van der Waals surface area (Å²) in [5.41, 5.74) is 0.268. The molecule has 1 atom stereocenters. The van der Waals surface area contributed by atoms with Gasteiger partial charge in [0.15, 0.2) is 5.03 Å². The van der Waals surface area contributed by atoms with Gasteiger partial charge in [-0.25, -0.2) is 20.8 Å². The van der Waals surface area contributed by atoms with E-state index in [0.29, 0.717) is 17.0 Å². The van der Waals surface area contributed by atoms with Gasteiger partial charge in [-0.3, -0.25) is 0 Å². The third-order valence-electron chi connectivity index (χ3n) is 5.28. The first-order valence-corrected chi connectivity index (χ1v) is 12.9. The van der Waals surface area contributed by atoms with E-state index in [0.717, 1.165) is 10.4 Å². The van der Waals surface area contributed by atoms with E-state index in [1.54, 1.807) is 30.3 Å². The van der Waals surface area contributed by atoms with Gasteiger partial charge in [-0.2, -0.15) is 4.31 Å². The number of sulfonamides is 1. The molecule has 1 unspecified atom stereocenters. The Morgan fingerprint density at radius 1 is 1.03 bits per heavy atom. The molecule has 0 saturated carbocycles. The fraction of sp³-hybridized carbons (Fsp3) is 0.300. The molecule has 1 aliphatic heterocycles. The van der Waals surface area contributed by atoms with Crippen molar-refractivity contribution in [3.63, 3.8) is 0 Å². The van der Waals surface area contributed by atoms with E-state index in [9.17, 15) is 16.8 Å². The van der Waals surface area contributed by atoms with E-state index in [2.05, 4.69) is 5.32 Å². The number of piperazine rings is 1. The Labute approximate surface area is 181 Å². The molecule has 160 valence electrons. The first-order valence-electron chi connectivity index (χ1n) is 9.60. The van der Waals surface area contributed by atoms with Gasteiger partial charge in [0.25, 0.3) is 20.0 Å². The molecule has 1 saturated heterocycles. The van der Waals surface area contributed by atoms with Crippen molar-refractivity contribution >= 4 is 42.6 Å². The Hall–Kier alpha value is -1.91. The lowest BCUT2D eigenvalue weighted by Gasteiger charge is -2.32. The average molecular weight is 468 g/mol. The van der Waals surface area contributed by atoms with Crippen LogP contribution >= 0.6 is 11.6 Å². The third kappa shape index (κ3) is 3.65. The van der Waals surface area contributed by atoms with Gasteiger partial charge in [0.2, 0.25) is 0 Å². The molecule has 0 bridgehead atoms. The molecule has 1 aromatic heterocycles. The first-order chi connectivity index (χ1) is 14.2. The zero-order valence-corrected chi connectivity index (χ0v) is 18.7. The van der Waals surface area contributed by atoms with Crippen LogP contribution in [0.4, 0.5) is 0 Å². The van der Waals surface area contributed by atoms with Gasteiger partial charge < -0.3 is 5.32 Å². The smallest absolute Gasteiger partial charge is 0.269 e. The van der Waals surface area contributed by atoms with Crippen LogP contribution in [-0.2, 0) is 20.0 Å². The zero-order chi connectivity index (χ0) is 21.5. The van der Waals surface area contributed by atoms with Crippen molar-refractivity contribution in [1.29, 1.82) is 0 Å². The van der Waals surface area contributed by atoms with Crippen molar-refractivity contribution in [2.45, 2.75) is 29.3 Å². The van der Waals surface area contributed by atoms with Gasteiger partial charge in [0, 0.05) is 36.1 Å². The minimum Gasteiger partial charge on any atom is -0.311 e. The lowest BCUT2D eigenvalue weighted by atomic mass is 10.2. The van der Waals surface area contributed by atoms with E-state index in [4.69, 9.17) is 11.6 Å². The summed E-state index contributed by atoms with van der Waals surface area (Å²) in [5, 5.41) is 3.85. The Balaban J connectivity index is 1.95. The lowest BCUT2D eigenvalue weighted by Crippen LogP contribution is -2.52. The number of hydrogen-bond acceptors (Lipinski definition) is 5. The van der Waals surface area contributed by atoms with Crippen LogP contribution in [0.25, 0.3) is 10.9 Å². The number of hydrogen-bond donors (Lipinski definition) is 1. The predicted molar refractivity (Wildman–Crippen MR) is 117 cm³/mol. The highest BCUT2D eigenvalue weighted by atomic mass is 35.5. The van der Waals surface area contributed by atoms with Gasteiger partial charge in [-0.15, -0.1) is 0 Å². The van der Waals surface area contributed by atoms with Crippen LogP contribution in [0.3, 0.4) is 0 Å². The average Bonchev–Trinajstić information content (AvgIpc) is 3.14. The Morgan fingerprint density at radius 3 is 2.47 bits per heavy atom. The molecule has 10 heteroatoms. The van der Waals surface area contributed by atoms with Gasteiger partial charge >= 0.3 is 0 Å². The second-order valence-corrected chi connectivity index (χ2v) is 11.3. The van der Waals surface area contributed by atoms with Crippen molar-refractivity contribution < 1.29 is 16.8 Å². The van der Waals surface area contributed by atoms with Crippen LogP contribution in [0.15, 0.2) is 64.5 Å². The summed E-state index contributed by atoms with van der Waals surface area (Å²) in [4.78, 5) is 0.0145. The highest BCUT2D eigenvalue weighted by molar-refractivity contribution is 7.92. The van der Waals surface area contributed by atoms with Crippen LogP contribution < -0.4 is 5.32 Å². The summed E-state index contributed by atoms with van der Waals surface area (Å²) < 4.78 is 56.4. The molecule has 7 nitrogen and oxygen atoms in total. The van der Waals surface area contributed by atoms with E-state index >= 15 is 0 Å². The molecule has 0 spiro atoms. The lowest BCUT2D eigenvalue weighted by molar-refractivity contribution is 0.293. The van der Waals surface area contributed by atoms with E-state index in [-0.39, 0.29) is 34.6 Å². The van der Waals surface area contributed by atoms with Gasteiger partial charge in [0.1, 0.15) is 0 Å². The van der Waals surface area contributed by atoms with E-state index in [1.807, 2.05) is 6.92 Å². The van der Waals surface area contributed by atoms with Crippen LogP contribution in [-0.4, -0.2) is 50.8 Å². The summed E-state index contributed by atoms with van der Waals surface area (Å²) in [7, 11) is -8.22. The molecule has 1 fully saturated rings. The number of rotatable bonds is 5. The van der Waals surface area contributed by atoms with Gasteiger partial charge in [-0.05, 0) is 42.8 Å². The van der Waals surface area contributed by atoms with Crippen molar-refractivity contribution in [1.82, 2.24) is 13.6 Å². The minimum atomic E-state index is -4.15. The zero-order valence-electron chi connectivity index (χ0n) is 16.3. The molecule has 2 aromatic carbocycles. The fourth-order valence-electron chi connectivity index (χ4n) is 3.68. The Bertz CT molecular complexity index is 1290. The molecule has 2 heterocycles. The topological polar surface area (TPSA) is 88.5 Å². The molecular formula is C20H22ClN3O4S2. The normalized spacial score (nSPS) is 18.7. The molecule has 1 aliphatic rings. The number of fused-ring (bicyclic) bond motifs is 1. The summed E-state index contributed by atoms with van der Waals surface area (Å²) in [6.07, 6.45) is 0.771. The minimum absolute atomic E-state index is 0.0145. The standard InChI is InChI=1S/C20H22ClN3O4S2/c1-2-17-14-23(11-10-22-17)30(27,28)20-13-15-12-16(21)8-9-19(15)24(20)29(25,26)18-6-4-3-5-7-18/h3-9,12-13,17,22H,2,10-11,14H2,1H3. The second-order valence-electron chi connectivity index (χ2n) is 7.19. The van der Waals surface area contributed by atoms with Crippen molar-refractivity contribution in [2.24, 2.45) is 0 Å². The van der Waals surface area contributed by atoms with Crippen LogP contribution in [0.2, 0.25) is 5.02 Å². The summed E-state index contributed by atoms with van der Waals surface area (Å²) in [6, 6.07) is 13.9. The highest BCUT2D eigenvalue weighted by Gasteiger charge is 2.35. The largest absolute Gasteiger partial charge is 0.311 e. The Kier molecular flexibility index (Phi) is 5.67. The maximum Gasteiger partial charge on any atom is 0.269 e.